The summed E-state index contributed by atoms with van der Waals surface area (Å²) >= 11 is 0. The molecule has 120 valence electrons. The third-order valence-corrected chi connectivity index (χ3v) is 4.54. The van der Waals surface area contributed by atoms with Crippen molar-refractivity contribution in [1.29, 1.82) is 0 Å². The van der Waals surface area contributed by atoms with Gasteiger partial charge >= 0.3 is 0 Å². The minimum atomic E-state index is 0.569. The highest BCUT2D eigenvalue weighted by atomic mass is 15.3. The Balaban J connectivity index is 2.03. The van der Waals surface area contributed by atoms with Crippen LogP contribution in [0.15, 0.2) is 6.07 Å². The van der Waals surface area contributed by atoms with Crippen LogP contribution in [0.4, 0.5) is 0 Å². The van der Waals surface area contributed by atoms with Gasteiger partial charge in [0.2, 0.25) is 0 Å². The first-order valence-corrected chi connectivity index (χ1v) is 8.67. The largest absolute Gasteiger partial charge is 0.313 e. The van der Waals surface area contributed by atoms with E-state index in [-0.39, 0.29) is 0 Å². The molecular weight excluding hydrogens is 260 g/mol. The van der Waals surface area contributed by atoms with Crippen LogP contribution >= 0.6 is 0 Å². The summed E-state index contributed by atoms with van der Waals surface area (Å²) in [6.45, 7) is 13.3. The average molecular weight is 292 g/mol. The van der Waals surface area contributed by atoms with E-state index in [2.05, 4.69) is 53.8 Å². The number of nitrogens with zero attached hydrogens (tertiary/aromatic N) is 3. The molecule has 0 saturated carbocycles. The summed E-state index contributed by atoms with van der Waals surface area (Å²) in [5.74, 6) is 0. The zero-order valence-electron chi connectivity index (χ0n) is 14.2. The highest BCUT2D eigenvalue weighted by Crippen LogP contribution is 2.15. The van der Waals surface area contributed by atoms with Crippen molar-refractivity contribution in [1.82, 2.24) is 20.0 Å². The molecule has 1 unspecified atom stereocenters. The van der Waals surface area contributed by atoms with E-state index < -0.39 is 0 Å². The summed E-state index contributed by atoms with van der Waals surface area (Å²) in [6.07, 6.45) is 5.04. The van der Waals surface area contributed by atoms with Crippen molar-refractivity contribution >= 4 is 0 Å². The SMILES string of the molecule is CCc1cc(CN(CC2CCCCN2)C(C)C)n(CC)n1. The Morgan fingerprint density at radius 1 is 1.38 bits per heavy atom. The standard InChI is InChI=1S/C17H32N4/c1-5-15-11-17(21(6-2)19-15)13-20(14(3)4)12-16-9-7-8-10-18-16/h11,14,16,18H,5-10,12-13H2,1-4H3. The van der Waals surface area contributed by atoms with Gasteiger partial charge in [-0.25, -0.2) is 0 Å². The molecule has 0 amide bonds. The van der Waals surface area contributed by atoms with Gasteiger partial charge in [0.1, 0.15) is 0 Å². The fourth-order valence-corrected chi connectivity index (χ4v) is 3.12. The van der Waals surface area contributed by atoms with Crippen LogP contribution in [0.2, 0.25) is 0 Å². The van der Waals surface area contributed by atoms with Crippen molar-refractivity contribution in [2.45, 2.75) is 78.6 Å². The third-order valence-electron chi connectivity index (χ3n) is 4.54. The summed E-state index contributed by atoms with van der Waals surface area (Å²) in [5, 5.41) is 8.35. The van der Waals surface area contributed by atoms with Gasteiger partial charge in [-0.3, -0.25) is 9.58 Å². The van der Waals surface area contributed by atoms with Gasteiger partial charge in [0.25, 0.3) is 0 Å². The summed E-state index contributed by atoms with van der Waals surface area (Å²) in [4.78, 5) is 2.59. The number of nitrogens with one attached hydrogen (secondary N) is 1. The van der Waals surface area contributed by atoms with Crippen molar-refractivity contribution in [2.75, 3.05) is 13.1 Å². The number of rotatable bonds is 7. The molecule has 4 nitrogen and oxygen atoms in total. The molecule has 1 atom stereocenters. The average Bonchev–Trinajstić information content (AvgIpc) is 2.89. The molecule has 0 bridgehead atoms. The molecular formula is C17H32N4. The molecule has 21 heavy (non-hydrogen) atoms. The fourth-order valence-electron chi connectivity index (χ4n) is 3.12. The second kappa shape index (κ2) is 7.95. The van der Waals surface area contributed by atoms with E-state index in [4.69, 9.17) is 0 Å². The van der Waals surface area contributed by atoms with Gasteiger partial charge < -0.3 is 5.32 Å². The molecule has 0 spiro atoms. The molecule has 1 N–H and O–H groups in total. The van der Waals surface area contributed by atoms with Gasteiger partial charge in [-0.1, -0.05) is 13.3 Å². The van der Waals surface area contributed by atoms with E-state index in [9.17, 15) is 0 Å². The molecule has 0 aliphatic carbocycles. The zero-order chi connectivity index (χ0) is 15.2. The molecule has 1 aromatic heterocycles. The maximum Gasteiger partial charge on any atom is 0.0625 e. The molecule has 2 rings (SSSR count). The van der Waals surface area contributed by atoms with Crippen LogP contribution in [-0.4, -0.2) is 39.9 Å². The molecule has 1 aliphatic heterocycles. The van der Waals surface area contributed by atoms with Crippen LogP contribution in [0, 0.1) is 0 Å². The maximum absolute atomic E-state index is 4.68. The minimum absolute atomic E-state index is 0.569. The van der Waals surface area contributed by atoms with Gasteiger partial charge in [-0.2, -0.15) is 5.10 Å². The van der Waals surface area contributed by atoms with E-state index in [1.807, 2.05) is 0 Å². The van der Waals surface area contributed by atoms with Gasteiger partial charge in [0.15, 0.2) is 0 Å². The Kier molecular flexibility index (Phi) is 6.24. The molecule has 1 aliphatic rings. The molecule has 2 heterocycles. The Labute approximate surface area is 129 Å². The zero-order valence-corrected chi connectivity index (χ0v) is 14.2. The van der Waals surface area contributed by atoms with Crippen LogP contribution < -0.4 is 5.32 Å². The molecule has 4 heteroatoms. The monoisotopic (exact) mass is 292 g/mol. The van der Waals surface area contributed by atoms with Gasteiger partial charge in [0.05, 0.1) is 11.4 Å². The van der Waals surface area contributed by atoms with E-state index in [1.54, 1.807) is 0 Å². The molecule has 1 aromatic rings. The van der Waals surface area contributed by atoms with E-state index >= 15 is 0 Å². The Morgan fingerprint density at radius 3 is 2.76 bits per heavy atom. The Bertz CT molecular complexity index is 418. The highest BCUT2D eigenvalue weighted by Gasteiger charge is 2.20. The minimum Gasteiger partial charge on any atom is -0.313 e. The predicted octanol–water partition coefficient (Wildman–Crippen LogP) is 2.82. The highest BCUT2D eigenvalue weighted by molar-refractivity contribution is 5.10. The Hall–Kier alpha value is -0.870. The van der Waals surface area contributed by atoms with Crippen molar-refractivity contribution in [2.24, 2.45) is 0 Å². The number of aryl methyl sites for hydroxylation is 2. The van der Waals surface area contributed by atoms with Crippen molar-refractivity contribution < 1.29 is 0 Å². The topological polar surface area (TPSA) is 33.1 Å². The van der Waals surface area contributed by atoms with Crippen molar-refractivity contribution in [3.63, 3.8) is 0 Å². The van der Waals surface area contributed by atoms with Crippen LogP contribution in [0.25, 0.3) is 0 Å². The number of hydrogen-bond donors (Lipinski definition) is 1. The summed E-state index contributed by atoms with van der Waals surface area (Å²) < 4.78 is 2.17. The van der Waals surface area contributed by atoms with Gasteiger partial charge in [0, 0.05) is 31.7 Å². The summed E-state index contributed by atoms with van der Waals surface area (Å²) in [6, 6.07) is 3.51. The smallest absolute Gasteiger partial charge is 0.0625 e. The second-order valence-electron chi connectivity index (χ2n) is 6.47. The van der Waals surface area contributed by atoms with Crippen LogP contribution in [0.5, 0.6) is 0 Å². The lowest BCUT2D eigenvalue weighted by molar-refractivity contribution is 0.172. The van der Waals surface area contributed by atoms with Crippen molar-refractivity contribution in [3.8, 4) is 0 Å². The molecule has 1 fully saturated rings. The quantitative estimate of drug-likeness (QED) is 0.839. The lowest BCUT2D eigenvalue weighted by atomic mass is 10.0. The number of hydrogen-bond acceptors (Lipinski definition) is 3. The molecule has 0 radical (unpaired) electrons. The van der Waals surface area contributed by atoms with Gasteiger partial charge in [-0.15, -0.1) is 0 Å². The van der Waals surface area contributed by atoms with Gasteiger partial charge in [-0.05, 0) is 52.6 Å². The van der Waals surface area contributed by atoms with E-state index in [0.717, 1.165) is 26.1 Å². The maximum atomic E-state index is 4.68. The lowest BCUT2D eigenvalue weighted by Crippen LogP contribution is -2.45. The first kappa shape index (κ1) is 16.5. The number of piperidine rings is 1. The van der Waals surface area contributed by atoms with Crippen molar-refractivity contribution in [3.05, 3.63) is 17.5 Å². The summed E-state index contributed by atoms with van der Waals surface area (Å²) in [7, 11) is 0. The van der Waals surface area contributed by atoms with Crippen LogP contribution in [-0.2, 0) is 19.5 Å². The third kappa shape index (κ3) is 4.55. The first-order chi connectivity index (χ1) is 10.1. The first-order valence-electron chi connectivity index (χ1n) is 8.67. The van der Waals surface area contributed by atoms with Crippen LogP contribution in [0.1, 0.15) is 58.3 Å². The number of aromatic nitrogens is 2. The fraction of sp³-hybridized carbons (Fsp3) is 0.824. The predicted molar refractivity (Wildman–Crippen MR) is 88.5 cm³/mol. The normalized spacial score (nSPS) is 19.6. The Morgan fingerprint density at radius 2 is 2.19 bits per heavy atom. The van der Waals surface area contributed by atoms with E-state index in [0.29, 0.717) is 12.1 Å². The van der Waals surface area contributed by atoms with E-state index in [1.165, 1.54) is 37.2 Å². The second-order valence-corrected chi connectivity index (χ2v) is 6.47. The summed E-state index contributed by atoms with van der Waals surface area (Å²) in [5.41, 5.74) is 2.57. The molecule has 0 aromatic carbocycles. The van der Waals surface area contributed by atoms with Crippen LogP contribution in [0.3, 0.4) is 0 Å². The molecule has 1 saturated heterocycles. The lowest BCUT2D eigenvalue weighted by Gasteiger charge is -2.33.